The van der Waals surface area contributed by atoms with Crippen molar-refractivity contribution >= 4 is 11.6 Å². The predicted octanol–water partition coefficient (Wildman–Crippen LogP) is 4.24. The Morgan fingerprint density at radius 3 is 2.29 bits per heavy atom. The Kier molecular flexibility index (Phi) is 6.00. The highest BCUT2D eigenvalue weighted by Gasteiger charge is 2.18. The topological polar surface area (TPSA) is 45.4 Å². The number of hydrogen-bond donors (Lipinski definition) is 0. The summed E-state index contributed by atoms with van der Waals surface area (Å²) in [4.78, 5) is 9.26. The van der Waals surface area contributed by atoms with Crippen molar-refractivity contribution in [3.05, 3.63) is 70.8 Å². The van der Waals surface area contributed by atoms with E-state index < -0.39 is 0 Å². The van der Waals surface area contributed by atoms with Crippen molar-refractivity contribution in [2.75, 3.05) is 26.2 Å². The van der Waals surface area contributed by atoms with Crippen LogP contribution in [0.4, 0.5) is 4.39 Å². The second-order valence-electron chi connectivity index (χ2n) is 7.05. The number of nitrogens with zero attached hydrogens (tertiary/aromatic N) is 4. The molecule has 4 rings (SSSR count). The van der Waals surface area contributed by atoms with Crippen LogP contribution in [0.5, 0.6) is 0 Å². The fourth-order valence-electron chi connectivity index (χ4n) is 3.42. The largest absolute Gasteiger partial charge is 0.338 e. The molecule has 3 aromatic rings. The second-order valence-corrected chi connectivity index (χ2v) is 7.49. The van der Waals surface area contributed by atoms with Crippen molar-refractivity contribution in [1.29, 1.82) is 0 Å². The van der Waals surface area contributed by atoms with E-state index in [0.29, 0.717) is 23.3 Å². The van der Waals surface area contributed by atoms with Gasteiger partial charge in [-0.1, -0.05) is 28.9 Å². The fraction of sp³-hybridized carbons (Fsp3) is 0.333. The lowest BCUT2D eigenvalue weighted by atomic mass is 10.2. The summed E-state index contributed by atoms with van der Waals surface area (Å²) in [5, 5.41) is 4.77. The SMILES string of the molecule is Fc1ccc(CN2CCCN(Cc3nc(-c4ccc(Cl)cc4)no3)CC2)cc1. The van der Waals surface area contributed by atoms with E-state index in [9.17, 15) is 4.39 Å². The zero-order valence-corrected chi connectivity index (χ0v) is 16.3. The molecule has 7 heteroatoms. The van der Waals surface area contributed by atoms with Gasteiger partial charge in [0.2, 0.25) is 11.7 Å². The van der Waals surface area contributed by atoms with Crippen LogP contribution in [-0.2, 0) is 13.1 Å². The molecule has 0 radical (unpaired) electrons. The highest BCUT2D eigenvalue weighted by molar-refractivity contribution is 6.30. The molecular formula is C21H22ClFN4O. The van der Waals surface area contributed by atoms with Crippen molar-refractivity contribution in [1.82, 2.24) is 19.9 Å². The first kappa shape index (κ1) is 19.1. The molecule has 1 saturated heterocycles. The zero-order chi connectivity index (χ0) is 19.3. The van der Waals surface area contributed by atoms with Crippen molar-refractivity contribution in [2.45, 2.75) is 19.5 Å². The van der Waals surface area contributed by atoms with Gasteiger partial charge in [-0.3, -0.25) is 9.80 Å². The van der Waals surface area contributed by atoms with Crippen molar-refractivity contribution < 1.29 is 8.91 Å². The quantitative estimate of drug-likeness (QED) is 0.641. The molecule has 0 saturated carbocycles. The number of halogens is 2. The average Bonchev–Trinajstić information content (AvgIpc) is 3.05. The third kappa shape index (κ3) is 4.95. The van der Waals surface area contributed by atoms with E-state index in [4.69, 9.17) is 16.1 Å². The van der Waals surface area contributed by atoms with E-state index >= 15 is 0 Å². The number of benzene rings is 2. The normalized spacial score (nSPS) is 16.2. The van der Waals surface area contributed by atoms with Crippen LogP contribution < -0.4 is 0 Å². The molecule has 28 heavy (non-hydrogen) atoms. The zero-order valence-electron chi connectivity index (χ0n) is 15.5. The van der Waals surface area contributed by atoms with Crippen LogP contribution in [0.2, 0.25) is 5.02 Å². The van der Waals surface area contributed by atoms with Crippen molar-refractivity contribution in [3.63, 3.8) is 0 Å². The molecule has 0 amide bonds. The number of rotatable bonds is 5. The van der Waals surface area contributed by atoms with E-state index in [0.717, 1.165) is 50.3 Å². The summed E-state index contributed by atoms with van der Waals surface area (Å²) in [5.41, 5.74) is 2.03. The molecule has 2 aromatic carbocycles. The monoisotopic (exact) mass is 400 g/mol. The lowest BCUT2D eigenvalue weighted by Gasteiger charge is -2.20. The minimum absolute atomic E-state index is 0.191. The molecule has 1 aromatic heterocycles. The molecule has 1 fully saturated rings. The maximum Gasteiger partial charge on any atom is 0.241 e. The van der Waals surface area contributed by atoms with Gasteiger partial charge in [0, 0.05) is 30.2 Å². The Hall–Kier alpha value is -2.28. The molecule has 0 unspecified atom stereocenters. The Bertz CT molecular complexity index is 898. The Balaban J connectivity index is 1.32. The molecule has 0 N–H and O–H groups in total. The maximum atomic E-state index is 13.1. The number of aromatic nitrogens is 2. The summed E-state index contributed by atoms with van der Waals surface area (Å²) in [6.07, 6.45) is 1.07. The van der Waals surface area contributed by atoms with Crippen LogP contribution in [0.1, 0.15) is 17.9 Å². The van der Waals surface area contributed by atoms with Crippen LogP contribution in [0.15, 0.2) is 53.1 Å². The van der Waals surface area contributed by atoms with Crippen LogP contribution in [-0.4, -0.2) is 46.1 Å². The van der Waals surface area contributed by atoms with Crippen molar-refractivity contribution in [3.8, 4) is 11.4 Å². The Morgan fingerprint density at radius 1 is 0.893 bits per heavy atom. The smallest absolute Gasteiger partial charge is 0.241 e. The summed E-state index contributed by atoms with van der Waals surface area (Å²) < 4.78 is 18.5. The van der Waals surface area contributed by atoms with Gasteiger partial charge < -0.3 is 4.52 Å². The minimum atomic E-state index is -0.191. The third-order valence-corrected chi connectivity index (χ3v) is 5.18. The van der Waals surface area contributed by atoms with Gasteiger partial charge in [0.05, 0.1) is 6.54 Å². The summed E-state index contributed by atoms with van der Waals surface area (Å²) in [6, 6.07) is 14.2. The summed E-state index contributed by atoms with van der Waals surface area (Å²) >= 11 is 5.93. The van der Waals surface area contributed by atoms with Gasteiger partial charge in [0.25, 0.3) is 0 Å². The number of hydrogen-bond acceptors (Lipinski definition) is 5. The van der Waals surface area contributed by atoms with Crippen LogP contribution in [0.3, 0.4) is 0 Å². The molecular weight excluding hydrogens is 379 g/mol. The lowest BCUT2D eigenvalue weighted by Crippen LogP contribution is -2.30. The van der Waals surface area contributed by atoms with Gasteiger partial charge in [-0.2, -0.15) is 4.98 Å². The van der Waals surface area contributed by atoms with Crippen LogP contribution >= 0.6 is 11.6 Å². The van der Waals surface area contributed by atoms with Crippen molar-refractivity contribution in [2.24, 2.45) is 0 Å². The molecule has 0 spiro atoms. The second kappa shape index (κ2) is 8.82. The standard InChI is InChI=1S/C21H22ClFN4O/c22-18-6-4-17(5-7-18)21-24-20(28-25-21)15-27-11-1-10-26(12-13-27)14-16-2-8-19(23)9-3-16/h2-9H,1,10-15H2. The molecule has 0 atom stereocenters. The lowest BCUT2D eigenvalue weighted by molar-refractivity contribution is 0.222. The van der Waals surface area contributed by atoms with Gasteiger partial charge in [-0.05, 0) is 61.5 Å². The Labute approximate surface area is 168 Å². The van der Waals surface area contributed by atoms with Gasteiger partial charge in [0.1, 0.15) is 5.82 Å². The van der Waals surface area contributed by atoms with E-state index in [-0.39, 0.29) is 5.82 Å². The molecule has 146 valence electrons. The van der Waals surface area contributed by atoms with Gasteiger partial charge in [-0.25, -0.2) is 4.39 Å². The predicted molar refractivity (Wildman–Crippen MR) is 106 cm³/mol. The van der Waals surface area contributed by atoms with E-state index in [1.54, 1.807) is 0 Å². The van der Waals surface area contributed by atoms with Gasteiger partial charge in [0.15, 0.2) is 0 Å². The summed E-state index contributed by atoms with van der Waals surface area (Å²) in [5.74, 6) is 1.01. The average molecular weight is 401 g/mol. The van der Waals surface area contributed by atoms with E-state index in [1.165, 1.54) is 12.1 Å². The molecule has 0 aliphatic carbocycles. The third-order valence-electron chi connectivity index (χ3n) is 4.93. The van der Waals surface area contributed by atoms with Crippen LogP contribution in [0, 0.1) is 5.82 Å². The first-order chi connectivity index (χ1) is 13.7. The Morgan fingerprint density at radius 2 is 1.57 bits per heavy atom. The molecule has 0 bridgehead atoms. The maximum absolute atomic E-state index is 13.1. The fourth-order valence-corrected chi connectivity index (χ4v) is 3.54. The highest BCUT2D eigenvalue weighted by Crippen LogP contribution is 2.19. The van der Waals surface area contributed by atoms with Gasteiger partial charge >= 0.3 is 0 Å². The first-order valence-electron chi connectivity index (χ1n) is 9.43. The van der Waals surface area contributed by atoms with E-state index in [1.807, 2.05) is 36.4 Å². The minimum Gasteiger partial charge on any atom is -0.338 e. The van der Waals surface area contributed by atoms with Crippen LogP contribution in [0.25, 0.3) is 11.4 Å². The molecule has 2 heterocycles. The molecule has 5 nitrogen and oxygen atoms in total. The van der Waals surface area contributed by atoms with Gasteiger partial charge in [-0.15, -0.1) is 0 Å². The first-order valence-corrected chi connectivity index (χ1v) is 9.81. The van der Waals surface area contributed by atoms with E-state index in [2.05, 4.69) is 19.9 Å². The molecule has 1 aliphatic rings. The highest BCUT2D eigenvalue weighted by atomic mass is 35.5. The summed E-state index contributed by atoms with van der Waals surface area (Å²) in [6.45, 7) is 5.38. The molecule has 1 aliphatic heterocycles. The summed E-state index contributed by atoms with van der Waals surface area (Å²) in [7, 11) is 0.